The number of nitrogens with one attached hydrogen (secondary N) is 1. The van der Waals surface area contributed by atoms with E-state index in [9.17, 15) is 18.0 Å². The molecule has 1 unspecified atom stereocenters. The Labute approximate surface area is 214 Å². The molecule has 1 N–H and O–H groups in total. The normalized spacial score (nSPS) is 17.4. The van der Waals surface area contributed by atoms with Crippen LogP contribution in [0.2, 0.25) is 0 Å². The van der Waals surface area contributed by atoms with E-state index in [-0.39, 0.29) is 55.3 Å². The molecule has 0 radical (unpaired) electrons. The van der Waals surface area contributed by atoms with Crippen LogP contribution in [0.3, 0.4) is 0 Å². The van der Waals surface area contributed by atoms with Crippen molar-refractivity contribution in [2.45, 2.75) is 50.6 Å². The Kier molecular flexibility index (Phi) is 9.12. The Bertz CT molecular complexity index is 1130. The summed E-state index contributed by atoms with van der Waals surface area (Å²) in [6, 6.07) is 3.23. The summed E-state index contributed by atoms with van der Waals surface area (Å²) in [4.78, 5) is 23.8. The molecule has 37 heavy (non-hydrogen) atoms. The minimum atomic E-state index is -4.61. The van der Waals surface area contributed by atoms with Gasteiger partial charge in [0.15, 0.2) is 5.75 Å². The van der Waals surface area contributed by atoms with Crippen molar-refractivity contribution in [3.8, 4) is 11.5 Å². The van der Waals surface area contributed by atoms with Gasteiger partial charge >= 0.3 is 12.1 Å². The lowest BCUT2D eigenvalue weighted by Crippen LogP contribution is -2.43. The number of esters is 1. The Morgan fingerprint density at radius 2 is 1.92 bits per heavy atom. The Morgan fingerprint density at radius 1 is 1.19 bits per heavy atom. The van der Waals surface area contributed by atoms with Crippen molar-refractivity contribution in [2.75, 3.05) is 32.7 Å². The Balaban J connectivity index is 1.75. The van der Waals surface area contributed by atoms with Crippen molar-refractivity contribution in [3.05, 3.63) is 59.7 Å². The first-order valence-corrected chi connectivity index (χ1v) is 11.9. The van der Waals surface area contributed by atoms with Crippen LogP contribution in [0.4, 0.5) is 19.1 Å². The molecular formula is C26H31F3N4O4. The number of alkyl halides is 3. The highest BCUT2D eigenvalue weighted by Gasteiger charge is 2.57. The molecule has 2 aromatic rings. The highest BCUT2D eigenvalue weighted by Crippen LogP contribution is 2.49. The summed E-state index contributed by atoms with van der Waals surface area (Å²) in [6.45, 7) is 4.12. The fraction of sp³-hybridized carbons (Fsp3) is 0.462. The molecular weight excluding hydrogens is 489 g/mol. The predicted molar refractivity (Wildman–Crippen MR) is 132 cm³/mol. The number of carbonyl (C=O) groups is 1. The average molecular weight is 521 g/mol. The van der Waals surface area contributed by atoms with Crippen LogP contribution in [0.15, 0.2) is 48.3 Å². The number of nitrogens with zero attached hydrogens (tertiary/aromatic N) is 3. The van der Waals surface area contributed by atoms with Crippen molar-refractivity contribution in [1.29, 1.82) is 0 Å². The molecule has 0 aliphatic heterocycles. The van der Waals surface area contributed by atoms with E-state index < -0.39 is 11.6 Å². The molecule has 0 amide bonds. The van der Waals surface area contributed by atoms with Gasteiger partial charge in [0.05, 0.1) is 33.2 Å². The van der Waals surface area contributed by atoms with E-state index in [2.05, 4.69) is 25.0 Å². The largest absolute Gasteiger partial charge is 0.495 e. The van der Waals surface area contributed by atoms with Crippen LogP contribution >= 0.6 is 0 Å². The molecule has 0 bridgehead atoms. The van der Waals surface area contributed by atoms with E-state index in [0.29, 0.717) is 23.4 Å². The van der Waals surface area contributed by atoms with Crippen LogP contribution in [0.5, 0.6) is 11.5 Å². The Hall–Kier alpha value is -3.63. The number of hydrogen-bond donors (Lipinski definition) is 1. The van der Waals surface area contributed by atoms with Crippen LogP contribution in [0.1, 0.15) is 50.4 Å². The van der Waals surface area contributed by atoms with E-state index in [0.717, 1.165) is 0 Å². The second-order valence-electron chi connectivity index (χ2n) is 8.86. The van der Waals surface area contributed by atoms with Crippen LogP contribution < -0.4 is 14.8 Å². The lowest BCUT2D eigenvalue weighted by molar-refractivity contribution is -0.177. The molecule has 8 nitrogen and oxygen atoms in total. The van der Waals surface area contributed by atoms with Gasteiger partial charge in [0, 0.05) is 18.7 Å². The smallest absolute Gasteiger partial charge is 0.403 e. The average Bonchev–Trinajstić information content (AvgIpc) is 2.89. The van der Waals surface area contributed by atoms with E-state index in [1.54, 1.807) is 18.2 Å². The monoisotopic (exact) mass is 520 g/mol. The zero-order chi connectivity index (χ0) is 27.1. The maximum absolute atomic E-state index is 14.6. The first-order chi connectivity index (χ1) is 17.6. The van der Waals surface area contributed by atoms with Gasteiger partial charge in [-0.25, -0.2) is 9.97 Å². The van der Waals surface area contributed by atoms with Gasteiger partial charge in [-0.2, -0.15) is 13.2 Å². The minimum absolute atomic E-state index is 0.0452. The molecule has 200 valence electrons. The van der Waals surface area contributed by atoms with Crippen LogP contribution in [0, 0.1) is 0 Å². The predicted octanol–water partition coefficient (Wildman–Crippen LogP) is 5.13. The standard InChI is InChI=1S/C26H31F3N4O4/c1-17(2)20-9-10-21(35-3)23(33-20)25(26(27,28)29)11-5-7-18(13-25)14-30-24-31-15-19(16-32-24)37-12-6-8-22(34)36-4/h5,7,9-10,13,15-17H,6,8,11-12,14H2,1-4H3,(H,30,31,32). The molecule has 1 aliphatic rings. The van der Waals surface area contributed by atoms with Gasteiger partial charge in [0.25, 0.3) is 0 Å². The fourth-order valence-corrected chi connectivity index (χ4v) is 3.87. The van der Waals surface area contributed by atoms with E-state index in [1.807, 2.05) is 13.8 Å². The summed E-state index contributed by atoms with van der Waals surface area (Å²) in [7, 11) is 2.66. The third-order valence-corrected chi connectivity index (χ3v) is 5.92. The highest BCUT2D eigenvalue weighted by molar-refractivity contribution is 5.69. The van der Waals surface area contributed by atoms with Crippen LogP contribution in [-0.2, 0) is 14.9 Å². The van der Waals surface area contributed by atoms with Crippen molar-refractivity contribution in [3.63, 3.8) is 0 Å². The van der Waals surface area contributed by atoms with Gasteiger partial charge in [-0.05, 0) is 36.5 Å². The molecule has 1 aliphatic carbocycles. The topological polar surface area (TPSA) is 95.5 Å². The molecule has 2 aromatic heterocycles. The summed E-state index contributed by atoms with van der Waals surface area (Å²) < 4.78 is 59.3. The number of anilines is 1. The number of allylic oxidation sites excluding steroid dienone is 2. The SMILES string of the molecule is COC(=O)CCCOc1cnc(NCC2=CC(c3nc(C(C)C)ccc3OC)(C(F)(F)F)CC=C2)nc1. The summed E-state index contributed by atoms with van der Waals surface area (Å²) in [6.07, 6.45) is 3.07. The number of ether oxygens (including phenoxy) is 3. The summed E-state index contributed by atoms with van der Waals surface area (Å²) in [5.41, 5.74) is -1.52. The number of pyridine rings is 1. The van der Waals surface area contributed by atoms with Gasteiger partial charge in [-0.3, -0.25) is 9.78 Å². The van der Waals surface area contributed by atoms with Crippen molar-refractivity contribution in [2.24, 2.45) is 0 Å². The fourth-order valence-electron chi connectivity index (χ4n) is 3.87. The maximum atomic E-state index is 14.6. The van der Waals surface area contributed by atoms with Gasteiger partial charge in [0.1, 0.15) is 16.9 Å². The van der Waals surface area contributed by atoms with E-state index in [1.165, 1.54) is 38.8 Å². The molecule has 1 atom stereocenters. The molecule has 0 fully saturated rings. The number of hydrogen-bond acceptors (Lipinski definition) is 8. The van der Waals surface area contributed by atoms with Crippen molar-refractivity contribution in [1.82, 2.24) is 15.0 Å². The number of carbonyl (C=O) groups excluding carboxylic acids is 1. The number of aromatic nitrogens is 3. The number of halogens is 3. The second kappa shape index (κ2) is 12.1. The molecule has 0 spiro atoms. The van der Waals surface area contributed by atoms with Gasteiger partial charge in [-0.1, -0.05) is 32.1 Å². The number of methoxy groups -OCH3 is 2. The van der Waals surface area contributed by atoms with Gasteiger partial charge < -0.3 is 19.5 Å². The molecule has 0 saturated carbocycles. The quantitative estimate of drug-likeness (QED) is 0.322. The molecule has 0 aromatic carbocycles. The zero-order valence-electron chi connectivity index (χ0n) is 21.3. The first-order valence-electron chi connectivity index (χ1n) is 11.9. The Morgan fingerprint density at radius 3 is 2.54 bits per heavy atom. The molecule has 2 heterocycles. The molecule has 0 saturated heterocycles. The van der Waals surface area contributed by atoms with Crippen molar-refractivity contribution >= 4 is 11.9 Å². The lowest BCUT2D eigenvalue weighted by atomic mass is 9.75. The lowest BCUT2D eigenvalue weighted by Gasteiger charge is -2.35. The van der Waals surface area contributed by atoms with Crippen molar-refractivity contribution < 1.29 is 32.2 Å². The van der Waals surface area contributed by atoms with Crippen LogP contribution in [0.25, 0.3) is 0 Å². The summed E-state index contributed by atoms with van der Waals surface area (Å²) in [5.74, 6) is 0.368. The molecule has 11 heteroatoms. The van der Waals surface area contributed by atoms with Crippen LogP contribution in [-0.4, -0.2) is 54.5 Å². The first kappa shape index (κ1) is 27.9. The second-order valence-corrected chi connectivity index (χ2v) is 8.86. The summed E-state index contributed by atoms with van der Waals surface area (Å²) >= 11 is 0. The third-order valence-electron chi connectivity index (χ3n) is 5.92. The highest BCUT2D eigenvalue weighted by atomic mass is 19.4. The van der Waals surface area contributed by atoms with E-state index >= 15 is 0 Å². The third kappa shape index (κ3) is 6.78. The molecule has 3 rings (SSSR count). The maximum Gasteiger partial charge on any atom is 0.403 e. The van der Waals surface area contributed by atoms with Gasteiger partial charge in [0.2, 0.25) is 5.95 Å². The zero-order valence-corrected chi connectivity index (χ0v) is 21.3. The van der Waals surface area contributed by atoms with Gasteiger partial charge in [-0.15, -0.1) is 0 Å². The minimum Gasteiger partial charge on any atom is -0.495 e. The van der Waals surface area contributed by atoms with E-state index in [4.69, 9.17) is 9.47 Å². The summed E-state index contributed by atoms with van der Waals surface area (Å²) in [5, 5.41) is 2.95. The number of rotatable bonds is 11.